The fraction of sp³-hybridized carbons (Fsp3) is 1.00. The number of ether oxygens (including phenoxy) is 1. The highest BCUT2D eigenvalue weighted by Crippen LogP contribution is 2.16. The van der Waals surface area contributed by atoms with Crippen LogP contribution in [0.15, 0.2) is 0 Å². The van der Waals surface area contributed by atoms with Crippen LogP contribution in [0.5, 0.6) is 0 Å². The van der Waals surface area contributed by atoms with Gasteiger partial charge in [-0.15, -0.1) is 11.6 Å². The van der Waals surface area contributed by atoms with Crippen LogP contribution in [0.3, 0.4) is 0 Å². The smallest absolute Gasteiger partial charge is 0.0674 e. The highest BCUT2D eigenvalue weighted by atomic mass is 35.5. The van der Waals surface area contributed by atoms with Crippen molar-refractivity contribution in [2.24, 2.45) is 5.92 Å². The van der Waals surface area contributed by atoms with Crippen molar-refractivity contribution in [1.29, 1.82) is 0 Å². The molecule has 3 unspecified atom stereocenters. The second-order valence-electron chi connectivity index (χ2n) is 4.42. The van der Waals surface area contributed by atoms with E-state index in [1.165, 1.54) is 6.42 Å². The summed E-state index contributed by atoms with van der Waals surface area (Å²) >= 11 is 5.84. The maximum atomic E-state index is 5.84. The Morgan fingerprint density at radius 3 is 2.86 bits per heavy atom. The first-order valence-electron chi connectivity index (χ1n) is 5.59. The number of hydrogen-bond donors (Lipinski definition) is 0. The van der Waals surface area contributed by atoms with E-state index >= 15 is 0 Å². The molecule has 1 aliphatic heterocycles. The van der Waals surface area contributed by atoms with E-state index in [9.17, 15) is 0 Å². The molecule has 0 aromatic carbocycles. The molecule has 84 valence electrons. The molecule has 1 aliphatic rings. The minimum Gasteiger partial charge on any atom is -0.376 e. The second-order valence-corrected chi connectivity index (χ2v) is 4.73. The van der Waals surface area contributed by atoms with Crippen LogP contribution in [-0.4, -0.2) is 42.6 Å². The molecule has 1 fully saturated rings. The van der Waals surface area contributed by atoms with Gasteiger partial charge in [0.1, 0.15) is 0 Å². The van der Waals surface area contributed by atoms with Crippen LogP contribution in [-0.2, 0) is 4.74 Å². The van der Waals surface area contributed by atoms with Crippen molar-refractivity contribution in [2.75, 3.05) is 25.6 Å². The summed E-state index contributed by atoms with van der Waals surface area (Å²) < 4.78 is 5.65. The molecule has 1 rings (SSSR count). The molecule has 0 spiro atoms. The Labute approximate surface area is 92.6 Å². The zero-order valence-corrected chi connectivity index (χ0v) is 10.3. The molecule has 0 aromatic rings. The minimum absolute atomic E-state index is 0.375. The summed E-state index contributed by atoms with van der Waals surface area (Å²) in [5.74, 6) is 1.33. The van der Waals surface area contributed by atoms with Gasteiger partial charge in [-0.25, -0.2) is 0 Å². The van der Waals surface area contributed by atoms with E-state index in [1.54, 1.807) is 0 Å². The van der Waals surface area contributed by atoms with Crippen molar-refractivity contribution in [2.45, 2.75) is 39.3 Å². The van der Waals surface area contributed by atoms with E-state index in [1.807, 2.05) is 0 Å². The Balaban J connectivity index is 2.44. The third-order valence-corrected chi connectivity index (χ3v) is 3.39. The van der Waals surface area contributed by atoms with Gasteiger partial charge < -0.3 is 4.74 Å². The molecule has 3 heteroatoms. The summed E-state index contributed by atoms with van der Waals surface area (Å²) in [6, 6.07) is 0.594. The Bertz CT molecular complexity index is 165. The fourth-order valence-electron chi connectivity index (χ4n) is 1.96. The van der Waals surface area contributed by atoms with Crippen LogP contribution in [0.25, 0.3) is 0 Å². The summed E-state index contributed by atoms with van der Waals surface area (Å²) in [6.45, 7) is 9.62. The molecule has 2 nitrogen and oxygen atoms in total. The number of alkyl halides is 1. The molecule has 0 amide bonds. The molecule has 14 heavy (non-hydrogen) atoms. The van der Waals surface area contributed by atoms with Crippen LogP contribution in [0.4, 0.5) is 0 Å². The number of morpholine rings is 1. The van der Waals surface area contributed by atoms with Crippen molar-refractivity contribution in [3.8, 4) is 0 Å². The summed E-state index contributed by atoms with van der Waals surface area (Å²) in [5, 5.41) is 0. The van der Waals surface area contributed by atoms with Gasteiger partial charge in [0.25, 0.3) is 0 Å². The van der Waals surface area contributed by atoms with Gasteiger partial charge in [-0.2, -0.15) is 0 Å². The average Bonchev–Trinajstić information content (AvgIpc) is 2.18. The number of nitrogens with zero attached hydrogens (tertiary/aromatic N) is 1. The average molecular weight is 220 g/mol. The van der Waals surface area contributed by atoms with Gasteiger partial charge in [0, 0.05) is 25.0 Å². The maximum absolute atomic E-state index is 5.84. The topological polar surface area (TPSA) is 12.5 Å². The van der Waals surface area contributed by atoms with Crippen molar-refractivity contribution in [3.63, 3.8) is 0 Å². The lowest BCUT2D eigenvalue weighted by Gasteiger charge is -2.39. The first-order valence-corrected chi connectivity index (χ1v) is 6.12. The molecule has 1 saturated heterocycles. The Kier molecular flexibility index (Phi) is 5.21. The Morgan fingerprint density at radius 2 is 2.29 bits per heavy atom. The maximum Gasteiger partial charge on any atom is 0.0674 e. The van der Waals surface area contributed by atoms with Crippen molar-refractivity contribution < 1.29 is 4.74 Å². The first-order chi connectivity index (χ1) is 6.67. The molecule has 0 N–H and O–H groups in total. The summed E-state index contributed by atoms with van der Waals surface area (Å²) in [5.41, 5.74) is 0. The molecule has 0 radical (unpaired) electrons. The lowest BCUT2D eigenvalue weighted by atomic mass is 10.1. The van der Waals surface area contributed by atoms with E-state index < -0.39 is 0 Å². The van der Waals surface area contributed by atoms with E-state index in [2.05, 4.69) is 25.7 Å². The van der Waals surface area contributed by atoms with Crippen LogP contribution in [0.2, 0.25) is 0 Å². The van der Waals surface area contributed by atoms with Crippen LogP contribution < -0.4 is 0 Å². The Morgan fingerprint density at radius 1 is 1.57 bits per heavy atom. The minimum atomic E-state index is 0.375. The molecule has 0 aromatic heterocycles. The highest BCUT2D eigenvalue weighted by Gasteiger charge is 2.26. The Hall–Kier alpha value is 0.210. The van der Waals surface area contributed by atoms with Gasteiger partial charge in [0.15, 0.2) is 0 Å². The van der Waals surface area contributed by atoms with Crippen LogP contribution in [0, 0.1) is 5.92 Å². The second kappa shape index (κ2) is 5.94. The van der Waals surface area contributed by atoms with Gasteiger partial charge in [0.2, 0.25) is 0 Å². The van der Waals surface area contributed by atoms with E-state index in [0.717, 1.165) is 25.6 Å². The zero-order chi connectivity index (χ0) is 10.6. The number of rotatable bonds is 4. The quantitative estimate of drug-likeness (QED) is 0.674. The van der Waals surface area contributed by atoms with Crippen molar-refractivity contribution >= 4 is 11.6 Å². The lowest BCUT2D eigenvalue weighted by molar-refractivity contribution is -0.0591. The molecule has 0 aliphatic carbocycles. The number of halogens is 1. The van der Waals surface area contributed by atoms with Crippen molar-refractivity contribution in [1.82, 2.24) is 4.90 Å². The van der Waals surface area contributed by atoms with Gasteiger partial charge in [-0.1, -0.05) is 13.8 Å². The SMILES string of the molecule is CCC1COC(C)CN1CC(C)CCl. The monoisotopic (exact) mass is 219 g/mol. The van der Waals surface area contributed by atoms with Gasteiger partial charge >= 0.3 is 0 Å². The summed E-state index contributed by atoms with van der Waals surface area (Å²) in [6.07, 6.45) is 1.54. The zero-order valence-electron chi connectivity index (χ0n) is 9.50. The molecule has 1 heterocycles. The van der Waals surface area contributed by atoms with Gasteiger partial charge in [-0.05, 0) is 19.3 Å². The molecule has 0 bridgehead atoms. The predicted octanol–water partition coefficient (Wildman–Crippen LogP) is 2.36. The van der Waals surface area contributed by atoms with Crippen molar-refractivity contribution in [3.05, 3.63) is 0 Å². The largest absolute Gasteiger partial charge is 0.376 e. The normalized spacial score (nSPS) is 31.7. The standard InChI is InChI=1S/C11H22ClNO/c1-4-11-8-14-10(3)7-13(11)6-9(2)5-12/h9-11H,4-8H2,1-3H3. The van der Waals surface area contributed by atoms with E-state index in [4.69, 9.17) is 16.3 Å². The third kappa shape index (κ3) is 3.41. The fourth-order valence-corrected chi connectivity index (χ4v) is 2.06. The highest BCUT2D eigenvalue weighted by molar-refractivity contribution is 6.18. The summed E-state index contributed by atoms with van der Waals surface area (Å²) in [4.78, 5) is 2.53. The predicted molar refractivity (Wildman–Crippen MR) is 61.0 cm³/mol. The third-order valence-electron chi connectivity index (χ3n) is 2.86. The molecular formula is C11H22ClNO. The summed E-state index contributed by atoms with van der Waals surface area (Å²) in [7, 11) is 0. The van der Waals surface area contributed by atoms with Crippen LogP contribution >= 0.6 is 11.6 Å². The lowest BCUT2D eigenvalue weighted by Crippen LogP contribution is -2.50. The molecular weight excluding hydrogens is 198 g/mol. The van der Waals surface area contributed by atoms with Gasteiger partial charge in [-0.3, -0.25) is 4.90 Å². The van der Waals surface area contributed by atoms with E-state index in [0.29, 0.717) is 18.1 Å². The van der Waals surface area contributed by atoms with Crippen LogP contribution in [0.1, 0.15) is 27.2 Å². The van der Waals surface area contributed by atoms with E-state index in [-0.39, 0.29) is 0 Å². The first kappa shape index (κ1) is 12.3. The van der Waals surface area contributed by atoms with Gasteiger partial charge in [0.05, 0.1) is 12.7 Å². The number of hydrogen-bond acceptors (Lipinski definition) is 2. The molecule has 0 saturated carbocycles. The molecule has 3 atom stereocenters.